The number of thiocarbonyl (C=S) groups is 1. The van der Waals surface area contributed by atoms with Gasteiger partial charge in [0.05, 0.1) is 17.7 Å². The maximum absolute atomic E-state index is 12.3. The number of methoxy groups -OCH3 is 1. The summed E-state index contributed by atoms with van der Waals surface area (Å²) in [7, 11) is 1.41. The second-order valence-corrected chi connectivity index (χ2v) is 6.74. The van der Waals surface area contributed by atoms with E-state index in [-0.39, 0.29) is 21.4 Å². The Morgan fingerprint density at radius 1 is 1.35 bits per heavy atom. The molecule has 0 bridgehead atoms. The number of pyridine rings is 1. The summed E-state index contributed by atoms with van der Waals surface area (Å²) >= 11 is 19.2. The van der Waals surface area contributed by atoms with E-state index in [4.69, 9.17) is 40.2 Å². The van der Waals surface area contributed by atoms with E-state index in [0.717, 1.165) is 3.57 Å². The van der Waals surface area contributed by atoms with Crippen LogP contribution in [0.4, 0.5) is 5.82 Å². The van der Waals surface area contributed by atoms with E-state index in [1.54, 1.807) is 12.3 Å². The van der Waals surface area contributed by atoms with E-state index in [0.29, 0.717) is 10.8 Å². The summed E-state index contributed by atoms with van der Waals surface area (Å²) in [5, 5.41) is 6.00. The number of anilines is 1. The van der Waals surface area contributed by atoms with Crippen LogP contribution in [0.15, 0.2) is 30.5 Å². The third-order valence-electron chi connectivity index (χ3n) is 2.65. The summed E-state index contributed by atoms with van der Waals surface area (Å²) in [6.45, 7) is 0. The number of carbonyl (C=O) groups is 1. The van der Waals surface area contributed by atoms with Crippen LogP contribution in [-0.4, -0.2) is 23.1 Å². The van der Waals surface area contributed by atoms with Crippen molar-refractivity contribution in [2.45, 2.75) is 0 Å². The molecule has 0 radical (unpaired) electrons. The van der Waals surface area contributed by atoms with Gasteiger partial charge in [-0.05, 0) is 59.1 Å². The third kappa shape index (κ3) is 4.90. The van der Waals surface area contributed by atoms with Crippen molar-refractivity contribution in [3.05, 3.63) is 49.6 Å². The molecule has 1 aromatic heterocycles. The Morgan fingerprint density at radius 2 is 2.09 bits per heavy atom. The van der Waals surface area contributed by atoms with Crippen LogP contribution < -0.4 is 15.4 Å². The lowest BCUT2D eigenvalue weighted by atomic mass is 10.2. The minimum absolute atomic E-state index is 0.0989. The normalized spacial score (nSPS) is 10.1. The Balaban J connectivity index is 2.12. The summed E-state index contributed by atoms with van der Waals surface area (Å²) in [6, 6.07) is 6.55. The number of rotatable bonds is 3. The van der Waals surface area contributed by atoms with Gasteiger partial charge in [0.25, 0.3) is 5.91 Å². The molecule has 0 saturated carbocycles. The second-order valence-electron chi connectivity index (χ2n) is 4.24. The molecule has 0 unspecified atom stereocenters. The number of ether oxygens (including phenoxy) is 1. The maximum Gasteiger partial charge on any atom is 0.261 e. The number of aromatic nitrogens is 1. The van der Waals surface area contributed by atoms with Gasteiger partial charge in [-0.25, -0.2) is 4.98 Å². The number of nitrogens with one attached hydrogen (secondary N) is 2. The molecule has 9 heteroatoms. The van der Waals surface area contributed by atoms with E-state index in [9.17, 15) is 4.79 Å². The zero-order valence-electron chi connectivity index (χ0n) is 11.7. The Labute approximate surface area is 161 Å². The SMILES string of the molecule is COc1c(Cl)cc(Cl)cc1C(=O)NC(=S)Nc1ccc(I)cn1. The quantitative estimate of drug-likeness (QED) is 0.509. The first-order valence-corrected chi connectivity index (χ1v) is 8.42. The van der Waals surface area contributed by atoms with Crippen LogP contribution in [0.25, 0.3) is 0 Å². The number of hydrogen-bond donors (Lipinski definition) is 2. The molecule has 2 rings (SSSR count). The molecule has 5 nitrogen and oxygen atoms in total. The first-order chi connectivity index (χ1) is 10.9. The first kappa shape index (κ1) is 18.2. The largest absolute Gasteiger partial charge is 0.494 e. The lowest BCUT2D eigenvalue weighted by molar-refractivity contribution is 0.0975. The molecule has 0 aliphatic rings. The lowest BCUT2D eigenvalue weighted by Crippen LogP contribution is -2.34. The highest BCUT2D eigenvalue weighted by atomic mass is 127. The van der Waals surface area contributed by atoms with E-state index in [1.807, 2.05) is 6.07 Å². The van der Waals surface area contributed by atoms with Gasteiger partial charge < -0.3 is 10.1 Å². The molecule has 1 aromatic carbocycles. The van der Waals surface area contributed by atoms with E-state index in [1.165, 1.54) is 19.2 Å². The van der Waals surface area contributed by atoms with Gasteiger partial charge in [-0.3, -0.25) is 10.1 Å². The fraction of sp³-hybridized carbons (Fsp3) is 0.0714. The van der Waals surface area contributed by atoms with Crippen molar-refractivity contribution >= 4 is 74.8 Å². The molecule has 2 N–H and O–H groups in total. The summed E-state index contributed by atoms with van der Waals surface area (Å²) in [5.41, 5.74) is 0.185. The topological polar surface area (TPSA) is 63.2 Å². The Kier molecular flexibility index (Phi) is 6.40. The lowest BCUT2D eigenvalue weighted by Gasteiger charge is -2.12. The van der Waals surface area contributed by atoms with Crippen molar-refractivity contribution in [1.29, 1.82) is 0 Å². The minimum Gasteiger partial charge on any atom is -0.494 e. The van der Waals surface area contributed by atoms with Crippen molar-refractivity contribution in [2.75, 3.05) is 12.4 Å². The minimum atomic E-state index is -0.491. The number of halogens is 3. The predicted molar refractivity (Wildman–Crippen MR) is 104 cm³/mol. The van der Waals surface area contributed by atoms with Crippen LogP contribution in [0.3, 0.4) is 0 Å². The van der Waals surface area contributed by atoms with E-state index < -0.39 is 5.91 Å². The van der Waals surface area contributed by atoms with E-state index in [2.05, 4.69) is 38.2 Å². The monoisotopic (exact) mass is 481 g/mol. The molecule has 2 aromatic rings. The van der Waals surface area contributed by atoms with Crippen LogP contribution in [0.1, 0.15) is 10.4 Å². The number of nitrogens with zero attached hydrogens (tertiary/aromatic N) is 1. The molecule has 1 heterocycles. The van der Waals surface area contributed by atoms with Crippen molar-refractivity contribution < 1.29 is 9.53 Å². The zero-order valence-corrected chi connectivity index (χ0v) is 16.2. The molecule has 0 spiro atoms. The molecule has 0 fully saturated rings. The van der Waals surface area contributed by atoms with Gasteiger partial charge in [0.1, 0.15) is 11.6 Å². The second kappa shape index (κ2) is 8.09. The average molecular weight is 482 g/mol. The molecular weight excluding hydrogens is 472 g/mol. The Morgan fingerprint density at radius 3 is 2.70 bits per heavy atom. The van der Waals surface area contributed by atoms with Crippen LogP contribution in [0.5, 0.6) is 5.75 Å². The highest BCUT2D eigenvalue weighted by molar-refractivity contribution is 14.1. The van der Waals surface area contributed by atoms with Gasteiger partial charge >= 0.3 is 0 Å². The van der Waals surface area contributed by atoms with Gasteiger partial charge in [0, 0.05) is 14.8 Å². The highest BCUT2D eigenvalue weighted by Gasteiger charge is 2.17. The zero-order chi connectivity index (χ0) is 17.0. The summed E-state index contributed by atoms with van der Waals surface area (Å²) in [4.78, 5) is 16.5. The van der Waals surface area contributed by atoms with Crippen LogP contribution >= 0.6 is 58.0 Å². The van der Waals surface area contributed by atoms with Crippen molar-refractivity contribution in [2.24, 2.45) is 0 Å². The molecule has 0 aliphatic carbocycles. The molecule has 0 aliphatic heterocycles. The molecule has 120 valence electrons. The van der Waals surface area contributed by atoms with Crippen molar-refractivity contribution in [3.63, 3.8) is 0 Å². The van der Waals surface area contributed by atoms with Crippen molar-refractivity contribution in [3.8, 4) is 5.75 Å². The number of amides is 1. The predicted octanol–water partition coefficient (Wildman–Crippen LogP) is 4.13. The molecule has 1 amide bonds. The van der Waals surface area contributed by atoms with E-state index >= 15 is 0 Å². The molecular formula is C14H10Cl2IN3O2S. The standard InChI is InChI=1S/C14H10Cl2IN3O2S/c1-22-12-9(4-7(15)5-10(12)16)13(21)20-14(23)19-11-3-2-8(17)6-18-11/h2-6H,1H3,(H2,18,19,20,21,23). The van der Waals surface area contributed by atoms with Crippen LogP contribution in [-0.2, 0) is 0 Å². The van der Waals surface area contributed by atoms with Crippen LogP contribution in [0.2, 0.25) is 10.0 Å². The van der Waals surface area contributed by atoms with Gasteiger partial charge in [0.15, 0.2) is 5.11 Å². The summed E-state index contributed by atoms with van der Waals surface area (Å²) < 4.78 is 6.12. The summed E-state index contributed by atoms with van der Waals surface area (Å²) in [6.07, 6.45) is 1.67. The first-order valence-electron chi connectivity index (χ1n) is 6.17. The number of hydrogen-bond acceptors (Lipinski definition) is 4. The Hall–Kier alpha value is -1.16. The van der Waals surface area contributed by atoms with Crippen LogP contribution in [0, 0.1) is 3.57 Å². The van der Waals surface area contributed by atoms with Gasteiger partial charge in [-0.1, -0.05) is 23.2 Å². The van der Waals surface area contributed by atoms with Gasteiger partial charge in [-0.2, -0.15) is 0 Å². The average Bonchev–Trinajstić information content (AvgIpc) is 2.48. The smallest absolute Gasteiger partial charge is 0.261 e. The fourth-order valence-electron chi connectivity index (χ4n) is 1.70. The molecule has 23 heavy (non-hydrogen) atoms. The Bertz CT molecular complexity index is 756. The number of benzene rings is 1. The number of carbonyl (C=O) groups excluding carboxylic acids is 1. The summed E-state index contributed by atoms with van der Waals surface area (Å²) in [5.74, 6) is 0.254. The maximum atomic E-state index is 12.3. The van der Waals surface area contributed by atoms with Gasteiger partial charge in [0.2, 0.25) is 0 Å². The highest BCUT2D eigenvalue weighted by Crippen LogP contribution is 2.32. The molecule has 0 saturated heterocycles. The molecule has 0 atom stereocenters. The third-order valence-corrected chi connectivity index (χ3v) is 3.99. The fourth-order valence-corrected chi connectivity index (χ4v) is 2.79. The van der Waals surface area contributed by atoms with Gasteiger partial charge in [-0.15, -0.1) is 0 Å². The van der Waals surface area contributed by atoms with Crippen molar-refractivity contribution in [1.82, 2.24) is 10.3 Å².